The predicted molar refractivity (Wildman–Crippen MR) is 155 cm³/mol. The molecular weight excluding hydrogens is 538 g/mol. The number of hydrogen-bond donors (Lipinski definition) is 1. The fourth-order valence-electron chi connectivity index (χ4n) is 4.04. The maximum Gasteiger partial charge on any atom is 0.348 e. The van der Waals surface area contributed by atoms with Gasteiger partial charge in [-0.2, -0.15) is 0 Å². The Balaban J connectivity index is 1.76. The van der Waals surface area contributed by atoms with E-state index in [1.807, 2.05) is 23.6 Å². The second-order valence-corrected chi connectivity index (χ2v) is 10.3. The van der Waals surface area contributed by atoms with Crippen LogP contribution in [0.5, 0.6) is 0 Å². The summed E-state index contributed by atoms with van der Waals surface area (Å²) in [6.07, 6.45) is 0. The number of amides is 1. The first kappa shape index (κ1) is 30.2. The number of rotatable bonds is 13. The minimum absolute atomic E-state index is 0.0347. The minimum Gasteiger partial charge on any atom is -0.462 e. The largest absolute Gasteiger partial charge is 0.462 e. The fourth-order valence-corrected chi connectivity index (χ4v) is 5.95. The summed E-state index contributed by atoms with van der Waals surface area (Å²) in [5, 5.41) is 12.3. The molecule has 0 saturated heterocycles. The number of thiophene rings is 1. The van der Waals surface area contributed by atoms with Gasteiger partial charge in [-0.15, -0.1) is 21.5 Å². The molecule has 210 valence electrons. The highest BCUT2D eigenvalue weighted by atomic mass is 32.2. The van der Waals surface area contributed by atoms with Crippen LogP contribution in [0, 0.1) is 6.92 Å². The van der Waals surface area contributed by atoms with E-state index in [2.05, 4.69) is 46.4 Å². The molecule has 12 heteroatoms. The first-order chi connectivity index (χ1) is 18.8. The molecule has 1 N–H and O–H groups in total. The molecule has 0 fully saturated rings. The fraction of sp³-hybridized carbons (Fsp3) is 0.444. The summed E-state index contributed by atoms with van der Waals surface area (Å²) in [4.78, 5) is 40.4. The molecule has 1 amide bonds. The van der Waals surface area contributed by atoms with Crippen LogP contribution in [0.1, 0.15) is 60.2 Å². The van der Waals surface area contributed by atoms with Crippen molar-refractivity contribution in [3.63, 3.8) is 0 Å². The number of ether oxygens (including phenoxy) is 2. The summed E-state index contributed by atoms with van der Waals surface area (Å²) >= 11 is 2.25. The van der Waals surface area contributed by atoms with Gasteiger partial charge in [0.25, 0.3) is 0 Å². The van der Waals surface area contributed by atoms with Crippen LogP contribution in [-0.2, 0) is 20.8 Å². The van der Waals surface area contributed by atoms with E-state index in [9.17, 15) is 14.4 Å². The maximum atomic E-state index is 12.9. The van der Waals surface area contributed by atoms with E-state index < -0.39 is 11.9 Å². The summed E-state index contributed by atoms with van der Waals surface area (Å²) in [6.45, 7) is 14.1. The van der Waals surface area contributed by atoms with Gasteiger partial charge in [-0.1, -0.05) is 11.8 Å². The first-order valence-electron chi connectivity index (χ1n) is 13.0. The molecule has 0 bridgehead atoms. The average Bonchev–Trinajstić information content (AvgIpc) is 3.49. The van der Waals surface area contributed by atoms with Crippen molar-refractivity contribution in [2.24, 2.45) is 0 Å². The number of anilines is 2. The van der Waals surface area contributed by atoms with Gasteiger partial charge in [0.2, 0.25) is 5.91 Å². The number of thioether (sulfide) groups is 1. The van der Waals surface area contributed by atoms with E-state index in [4.69, 9.17) is 9.47 Å². The van der Waals surface area contributed by atoms with Crippen molar-refractivity contribution in [1.82, 2.24) is 14.8 Å². The number of aromatic nitrogens is 3. The monoisotopic (exact) mass is 573 g/mol. The molecule has 39 heavy (non-hydrogen) atoms. The van der Waals surface area contributed by atoms with E-state index in [0.717, 1.165) is 41.5 Å². The van der Waals surface area contributed by atoms with Gasteiger partial charge in [0.1, 0.15) is 9.88 Å². The van der Waals surface area contributed by atoms with Crippen LogP contribution in [0.3, 0.4) is 0 Å². The van der Waals surface area contributed by atoms with Crippen LogP contribution >= 0.6 is 23.1 Å². The Morgan fingerprint density at radius 2 is 1.62 bits per heavy atom. The summed E-state index contributed by atoms with van der Waals surface area (Å²) in [7, 11) is 0. The molecule has 3 rings (SSSR count). The second kappa shape index (κ2) is 14.1. The zero-order valence-corrected chi connectivity index (χ0v) is 24.8. The van der Waals surface area contributed by atoms with E-state index in [1.165, 1.54) is 11.8 Å². The Morgan fingerprint density at radius 1 is 0.974 bits per heavy atom. The van der Waals surface area contributed by atoms with Gasteiger partial charge in [0.05, 0.1) is 24.5 Å². The maximum absolute atomic E-state index is 12.9. The third-order valence-corrected chi connectivity index (χ3v) is 8.11. The lowest BCUT2D eigenvalue weighted by Gasteiger charge is -2.21. The van der Waals surface area contributed by atoms with Gasteiger partial charge in [0.15, 0.2) is 11.0 Å². The Hall–Kier alpha value is -3.38. The number of nitrogens with one attached hydrogen (secondary N) is 1. The van der Waals surface area contributed by atoms with Gasteiger partial charge in [-0.25, -0.2) is 9.59 Å². The summed E-state index contributed by atoms with van der Waals surface area (Å²) in [6, 6.07) is 8.21. The van der Waals surface area contributed by atoms with Crippen molar-refractivity contribution in [3.05, 3.63) is 40.3 Å². The molecular formula is C27H35N5O5S2. The van der Waals surface area contributed by atoms with E-state index >= 15 is 0 Å². The number of carbonyl (C=O) groups excluding carboxylic acids is 3. The van der Waals surface area contributed by atoms with Gasteiger partial charge in [-0.3, -0.25) is 4.79 Å². The zero-order valence-electron chi connectivity index (χ0n) is 23.2. The quantitative estimate of drug-likeness (QED) is 0.216. The van der Waals surface area contributed by atoms with Crippen LogP contribution in [0.2, 0.25) is 0 Å². The highest BCUT2D eigenvalue weighted by Crippen LogP contribution is 2.35. The van der Waals surface area contributed by atoms with Crippen LogP contribution in [0.25, 0.3) is 11.4 Å². The molecule has 3 aromatic rings. The molecule has 0 atom stereocenters. The lowest BCUT2D eigenvalue weighted by molar-refractivity contribution is -0.113. The molecule has 10 nitrogen and oxygen atoms in total. The van der Waals surface area contributed by atoms with Crippen molar-refractivity contribution in [2.75, 3.05) is 42.3 Å². The number of esters is 2. The standard InChI is InChI=1S/C27H35N5O5S2/c1-7-31(8-2)19-14-12-18(13-15-19)23-29-30-27(32(23)9-3)38-16-20(33)28-24-21(25(34)36-10-4)17(6)22(39-24)26(35)37-11-5/h12-15H,7-11,16H2,1-6H3,(H,28,33). The Morgan fingerprint density at radius 3 is 2.21 bits per heavy atom. The molecule has 2 heterocycles. The molecule has 2 aromatic heterocycles. The topological polar surface area (TPSA) is 116 Å². The average molecular weight is 574 g/mol. The van der Waals surface area contributed by atoms with Gasteiger partial charge >= 0.3 is 11.9 Å². The van der Waals surface area contributed by atoms with E-state index in [1.54, 1.807) is 20.8 Å². The van der Waals surface area contributed by atoms with E-state index in [0.29, 0.717) is 17.3 Å². The number of hydrogen-bond acceptors (Lipinski definition) is 10. The lowest BCUT2D eigenvalue weighted by Crippen LogP contribution is -2.21. The molecule has 0 aliphatic carbocycles. The van der Waals surface area contributed by atoms with Crippen molar-refractivity contribution in [2.45, 2.75) is 53.2 Å². The highest BCUT2D eigenvalue weighted by molar-refractivity contribution is 7.99. The smallest absolute Gasteiger partial charge is 0.348 e. The number of benzene rings is 1. The molecule has 0 aliphatic rings. The van der Waals surface area contributed by atoms with Crippen molar-refractivity contribution in [3.8, 4) is 11.4 Å². The van der Waals surface area contributed by atoms with Crippen LogP contribution in [0.4, 0.5) is 10.7 Å². The SMILES string of the molecule is CCOC(=O)c1sc(NC(=O)CSc2nnc(-c3ccc(N(CC)CC)cc3)n2CC)c(C(=O)OCC)c1C. The molecule has 0 saturated carbocycles. The highest BCUT2D eigenvalue weighted by Gasteiger charge is 2.27. The Labute approximate surface area is 237 Å². The normalized spacial score (nSPS) is 10.8. The van der Waals surface area contributed by atoms with E-state index in [-0.39, 0.29) is 40.3 Å². The minimum atomic E-state index is -0.605. The molecule has 0 unspecified atom stereocenters. The molecule has 0 aliphatic heterocycles. The summed E-state index contributed by atoms with van der Waals surface area (Å²) in [5.41, 5.74) is 2.67. The summed E-state index contributed by atoms with van der Waals surface area (Å²) < 4.78 is 12.2. The molecule has 1 aromatic carbocycles. The third kappa shape index (κ3) is 6.99. The third-order valence-electron chi connectivity index (χ3n) is 5.96. The van der Waals surface area contributed by atoms with Crippen molar-refractivity contribution in [1.29, 1.82) is 0 Å². The first-order valence-corrected chi connectivity index (χ1v) is 14.8. The second-order valence-electron chi connectivity index (χ2n) is 8.31. The summed E-state index contributed by atoms with van der Waals surface area (Å²) in [5.74, 6) is -0.740. The van der Waals surface area contributed by atoms with Crippen LogP contribution in [0.15, 0.2) is 29.4 Å². The van der Waals surface area contributed by atoms with Gasteiger partial charge in [0, 0.05) is 30.9 Å². The Bertz CT molecular complexity index is 1300. The number of carbonyl (C=O) groups is 3. The van der Waals surface area contributed by atoms with Crippen LogP contribution < -0.4 is 10.2 Å². The van der Waals surface area contributed by atoms with Crippen LogP contribution in [-0.4, -0.2) is 64.7 Å². The molecule has 0 spiro atoms. The predicted octanol–water partition coefficient (Wildman–Crippen LogP) is 5.27. The van der Waals surface area contributed by atoms with Crippen molar-refractivity contribution < 1.29 is 23.9 Å². The zero-order chi connectivity index (χ0) is 28.5. The molecule has 0 radical (unpaired) electrons. The lowest BCUT2D eigenvalue weighted by atomic mass is 10.1. The van der Waals surface area contributed by atoms with Gasteiger partial charge < -0.3 is 24.3 Å². The number of nitrogens with zero attached hydrogens (tertiary/aromatic N) is 4. The Kier molecular flexibility index (Phi) is 10.9. The van der Waals surface area contributed by atoms with Crippen molar-refractivity contribution >= 4 is 51.6 Å². The van der Waals surface area contributed by atoms with Gasteiger partial charge in [-0.05, 0) is 71.4 Å².